The van der Waals surface area contributed by atoms with Gasteiger partial charge < -0.3 is 4.98 Å². The predicted octanol–water partition coefficient (Wildman–Crippen LogP) is 3.57. The Kier molecular flexibility index (Phi) is 2.93. The molecular formula is C14H10F3N3. The van der Waals surface area contributed by atoms with Crippen LogP contribution in [0.4, 0.5) is 13.2 Å². The number of hydrogen-bond donors (Lipinski definition) is 1. The van der Waals surface area contributed by atoms with Gasteiger partial charge in [-0.15, -0.1) is 0 Å². The zero-order valence-electron chi connectivity index (χ0n) is 10.3. The minimum absolute atomic E-state index is 0.0893. The van der Waals surface area contributed by atoms with Crippen LogP contribution in [0.5, 0.6) is 0 Å². The molecular weight excluding hydrogens is 267 g/mol. The van der Waals surface area contributed by atoms with Crippen molar-refractivity contribution in [1.29, 1.82) is 0 Å². The summed E-state index contributed by atoms with van der Waals surface area (Å²) >= 11 is 0. The molecule has 3 aromatic rings. The number of H-pyrrole nitrogens is 1. The Balaban J connectivity index is 1.99. The molecule has 0 saturated heterocycles. The Morgan fingerprint density at radius 2 is 1.85 bits per heavy atom. The number of nitrogens with zero attached hydrogens (tertiary/aromatic N) is 2. The predicted molar refractivity (Wildman–Crippen MR) is 68.1 cm³/mol. The van der Waals surface area contributed by atoms with Gasteiger partial charge >= 0.3 is 6.18 Å². The molecule has 0 fully saturated rings. The second-order valence-corrected chi connectivity index (χ2v) is 4.39. The highest BCUT2D eigenvalue weighted by Gasteiger charge is 2.32. The van der Waals surface area contributed by atoms with E-state index < -0.39 is 11.7 Å². The van der Waals surface area contributed by atoms with Gasteiger partial charge in [0.25, 0.3) is 0 Å². The summed E-state index contributed by atoms with van der Waals surface area (Å²) in [6, 6.07) is 9.04. The van der Waals surface area contributed by atoms with Crippen molar-refractivity contribution in [1.82, 2.24) is 15.0 Å². The van der Waals surface area contributed by atoms with Crippen molar-refractivity contribution in [3.63, 3.8) is 0 Å². The van der Waals surface area contributed by atoms with Gasteiger partial charge in [0, 0.05) is 12.6 Å². The number of fused-ring (bicyclic) bond motifs is 1. The van der Waals surface area contributed by atoms with Gasteiger partial charge in [-0.2, -0.15) is 13.2 Å². The molecule has 0 aliphatic rings. The molecule has 2 aromatic heterocycles. The fraction of sp³-hybridized carbons (Fsp3) is 0.143. The number of nitrogens with one attached hydrogen (secondary N) is 1. The van der Waals surface area contributed by atoms with Gasteiger partial charge in [-0.05, 0) is 23.8 Å². The lowest BCUT2D eigenvalue weighted by Crippen LogP contribution is -2.09. The largest absolute Gasteiger partial charge is 0.416 e. The maximum atomic E-state index is 12.9. The molecule has 0 saturated carbocycles. The molecule has 3 rings (SSSR count). The zero-order chi connectivity index (χ0) is 14.2. The van der Waals surface area contributed by atoms with Crippen molar-refractivity contribution in [3.8, 4) is 0 Å². The second kappa shape index (κ2) is 4.63. The van der Waals surface area contributed by atoms with Crippen LogP contribution in [0.3, 0.4) is 0 Å². The number of hydrogen-bond acceptors (Lipinski definition) is 2. The molecule has 0 radical (unpaired) electrons. The van der Waals surface area contributed by atoms with E-state index in [1.165, 1.54) is 12.1 Å². The number of aromatic nitrogens is 3. The van der Waals surface area contributed by atoms with E-state index in [1.807, 2.05) is 0 Å². The van der Waals surface area contributed by atoms with Crippen LogP contribution in [0.25, 0.3) is 11.2 Å². The number of rotatable bonds is 2. The van der Waals surface area contributed by atoms with Crippen molar-refractivity contribution < 1.29 is 13.2 Å². The average molecular weight is 277 g/mol. The number of benzene rings is 1. The van der Waals surface area contributed by atoms with E-state index in [4.69, 9.17) is 0 Å². The topological polar surface area (TPSA) is 41.6 Å². The zero-order valence-corrected chi connectivity index (χ0v) is 10.3. The Morgan fingerprint density at radius 3 is 2.60 bits per heavy atom. The second-order valence-electron chi connectivity index (χ2n) is 4.39. The number of halogens is 3. The maximum absolute atomic E-state index is 12.9. The molecule has 0 aliphatic carbocycles. The van der Waals surface area contributed by atoms with Crippen LogP contribution in [0.15, 0.2) is 42.6 Å². The van der Waals surface area contributed by atoms with Crippen LogP contribution >= 0.6 is 0 Å². The third kappa shape index (κ3) is 2.36. The van der Waals surface area contributed by atoms with Gasteiger partial charge in [0.1, 0.15) is 5.82 Å². The van der Waals surface area contributed by atoms with E-state index in [9.17, 15) is 13.2 Å². The van der Waals surface area contributed by atoms with Gasteiger partial charge in [0.15, 0.2) is 5.65 Å². The van der Waals surface area contributed by atoms with Crippen molar-refractivity contribution in [3.05, 3.63) is 59.5 Å². The maximum Gasteiger partial charge on any atom is 0.416 e. The summed E-state index contributed by atoms with van der Waals surface area (Å²) in [6.07, 6.45) is -2.68. The van der Waals surface area contributed by atoms with Gasteiger partial charge in [-0.1, -0.05) is 18.2 Å². The number of pyridine rings is 1. The van der Waals surface area contributed by atoms with E-state index >= 15 is 0 Å². The molecule has 0 atom stereocenters. The smallest absolute Gasteiger partial charge is 0.340 e. The summed E-state index contributed by atoms with van der Waals surface area (Å²) in [4.78, 5) is 11.2. The van der Waals surface area contributed by atoms with E-state index in [0.29, 0.717) is 17.0 Å². The minimum Gasteiger partial charge on any atom is -0.340 e. The molecule has 0 amide bonds. The first-order chi connectivity index (χ1) is 9.54. The molecule has 0 unspecified atom stereocenters. The van der Waals surface area contributed by atoms with Crippen LogP contribution in [-0.2, 0) is 12.6 Å². The lowest BCUT2D eigenvalue weighted by molar-refractivity contribution is -0.138. The molecule has 3 nitrogen and oxygen atoms in total. The highest BCUT2D eigenvalue weighted by Crippen LogP contribution is 2.32. The fourth-order valence-corrected chi connectivity index (χ4v) is 2.11. The minimum atomic E-state index is -4.36. The Morgan fingerprint density at radius 1 is 1.05 bits per heavy atom. The van der Waals surface area contributed by atoms with Crippen LogP contribution in [0.1, 0.15) is 17.0 Å². The highest BCUT2D eigenvalue weighted by atomic mass is 19.4. The van der Waals surface area contributed by atoms with Crippen molar-refractivity contribution in [2.75, 3.05) is 0 Å². The van der Waals surface area contributed by atoms with Crippen molar-refractivity contribution in [2.45, 2.75) is 12.6 Å². The van der Waals surface area contributed by atoms with Crippen LogP contribution in [0.2, 0.25) is 0 Å². The third-order valence-corrected chi connectivity index (χ3v) is 2.99. The summed E-state index contributed by atoms with van der Waals surface area (Å²) in [6.45, 7) is 0. The molecule has 102 valence electrons. The van der Waals surface area contributed by atoms with E-state index in [0.717, 1.165) is 6.07 Å². The summed E-state index contributed by atoms with van der Waals surface area (Å²) < 4.78 is 38.7. The Labute approximate surface area is 112 Å². The highest BCUT2D eigenvalue weighted by molar-refractivity contribution is 5.70. The van der Waals surface area contributed by atoms with Gasteiger partial charge in [-0.25, -0.2) is 9.97 Å². The average Bonchev–Trinajstić information content (AvgIpc) is 2.80. The quantitative estimate of drug-likeness (QED) is 0.778. The number of aromatic amines is 1. The Hall–Kier alpha value is -2.37. The first kappa shape index (κ1) is 12.7. The molecule has 1 aromatic carbocycles. The van der Waals surface area contributed by atoms with E-state index in [-0.39, 0.29) is 12.0 Å². The molecule has 2 heterocycles. The van der Waals surface area contributed by atoms with Crippen molar-refractivity contribution >= 4 is 11.2 Å². The fourth-order valence-electron chi connectivity index (χ4n) is 2.11. The molecule has 6 heteroatoms. The first-order valence-corrected chi connectivity index (χ1v) is 5.99. The third-order valence-electron chi connectivity index (χ3n) is 2.99. The molecule has 1 N–H and O–H groups in total. The van der Waals surface area contributed by atoms with Gasteiger partial charge in [0.05, 0.1) is 11.1 Å². The van der Waals surface area contributed by atoms with Crippen LogP contribution in [0, 0.1) is 0 Å². The molecule has 20 heavy (non-hydrogen) atoms. The van der Waals surface area contributed by atoms with E-state index in [2.05, 4.69) is 15.0 Å². The first-order valence-electron chi connectivity index (χ1n) is 5.99. The number of imidazole rings is 1. The summed E-state index contributed by atoms with van der Waals surface area (Å²) in [7, 11) is 0. The Bertz CT molecular complexity index is 714. The number of alkyl halides is 3. The van der Waals surface area contributed by atoms with Gasteiger partial charge in [-0.3, -0.25) is 0 Å². The molecule has 0 aliphatic heterocycles. The van der Waals surface area contributed by atoms with Gasteiger partial charge in [0.2, 0.25) is 0 Å². The lowest BCUT2D eigenvalue weighted by Gasteiger charge is -2.11. The van der Waals surface area contributed by atoms with Crippen LogP contribution in [-0.4, -0.2) is 15.0 Å². The summed E-state index contributed by atoms with van der Waals surface area (Å²) in [5, 5.41) is 0. The van der Waals surface area contributed by atoms with Crippen LogP contribution < -0.4 is 0 Å². The SMILES string of the molecule is FC(F)(F)c1ccccc1Cc1nc2ncccc2[nH]1. The molecule has 0 spiro atoms. The van der Waals surface area contributed by atoms with E-state index in [1.54, 1.807) is 24.4 Å². The summed E-state index contributed by atoms with van der Waals surface area (Å²) in [5.74, 6) is 0.468. The monoisotopic (exact) mass is 277 g/mol. The molecule has 0 bridgehead atoms. The summed E-state index contributed by atoms with van der Waals surface area (Å²) in [5.41, 5.74) is 0.784. The standard InChI is InChI=1S/C14H10F3N3/c15-14(16,17)10-5-2-1-4-9(10)8-12-19-11-6-3-7-18-13(11)20-12/h1-7H,8H2,(H,18,19,20). The normalized spacial score (nSPS) is 11.9. The lowest BCUT2D eigenvalue weighted by atomic mass is 10.0. The van der Waals surface area contributed by atoms with Crippen molar-refractivity contribution in [2.24, 2.45) is 0 Å².